The summed E-state index contributed by atoms with van der Waals surface area (Å²) in [6.07, 6.45) is 0. The molecule has 0 aliphatic rings. The van der Waals surface area contributed by atoms with E-state index in [0.29, 0.717) is 11.1 Å². The van der Waals surface area contributed by atoms with Gasteiger partial charge < -0.3 is 5.73 Å². The topological polar surface area (TPSA) is 69.2 Å². The van der Waals surface area contributed by atoms with Crippen molar-refractivity contribution in [2.24, 2.45) is 5.73 Å². The van der Waals surface area contributed by atoms with Crippen LogP contribution in [0.4, 0.5) is 5.69 Å². The minimum absolute atomic E-state index is 0.0697. The van der Waals surface area contributed by atoms with Crippen LogP contribution in [0.3, 0.4) is 0 Å². The van der Waals surface area contributed by atoms with Crippen LogP contribution in [0.2, 0.25) is 0 Å². The molecule has 1 aromatic carbocycles. The lowest BCUT2D eigenvalue weighted by Crippen LogP contribution is -1.94. The van der Waals surface area contributed by atoms with Gasteiger partial charge in [0.05, 0.1) is 4.92 Å². The van der Waals surface area contributed by atoms with E-state index in [1.807, 2.05) is 0 Å². The van der Waals surface area contributed by atoms with Crippen LogP contribution in [0, 0.1) is 29.0 Å². The fourth-order valence-electron chi connectivity index (χ4n) is 1.03. The van der Waals surface area contributed by atoms with E-state index in [1.54, 1.807) is 19.1 Å². The van der Waals surface area contributed by atoms with Crippen LogP contribution >= 0.6 is 0 Å². The Morgan fingerprint density at radius 3 is 2.77 bits per heavy atom. The molecule has 2 N–H and O–H groups in total. The third-order valence-electron chi connectivity index (χ3n) is 1.71. The molecule has 0 unspecified atom stereocenters. The van der Waals surface area contributed by atoms with Crippen molar-refractivity contribution in [3.63, 3.8) is 0 Å². The van der Waals surface area contributed by atoms with Gasteiger partial charge in [-0.1, -0.05) is 6.07 Å². The summed E-state index contributed by atoms with van der Waals surface area (Å²) in [5.41, 5.74) is 6.24. The Kier molecular flexibility index (Phi) is 2.50. The highest BCUT2D eigenvalue weighted by Crippen LogP contribution is 2.19. The molecule has 0 saturated heterocycles. The predicted molar refractivity (Wildman–Crippen MR) is 48.9 cm³/mol. The summed E-state index contributed by atoms with van der Waals surface area (Å²) in [4.78, 5) is 10.1. The fraction of sp³-hybridized carbons (Fsp3) is 0.111. The van der Waals surface area contributed by atoms with Gasteiger partial charge in [-0.25, -0.2) is 0 Å². The van der Waals surface area contributed by atoms with Gasteiger partial charge in [0.25, 0.3) is 5.69 Å². The summed E-state index contributed by atoms with van der Waals surface area (Å²) in [6, 6.07) is 6.94. The highest BCUT2D eigenvalue weighted by molar-refractivity contribution is 5.51. The molecule has 0 aliphatic carbocycles. The summed E-state index contributed by atoms with van der Waals surface area (Å²) in [6.45, 7) is 1.65. The van der Waals surface area contributed by atoms with E-state index in [9.17, 15) is 10.1 Å². The Morgan fingerprint density at radius 2 is 2.23 bits per heavy atom. The highest BCUT2D eigenvalue weighted by atomic mass is 16.6. The minimum atomic E-state index is -0.434. The lowest BCUT2D eigenvalue weighted by atomic mass is 10.1. The molecule has 1 aromatic rings. The molecule has 0 aromatic heterocycles. The van der Waals surface area contributed by atoms with Crippen LogP contribution in [-0.2, 0) is 0 Å². The zero-order valence-corrected chi connectivity index (χ0v) is 7.07. The largest absolute Gasteiger partial charge is 0.359 e. The molecule has 0 saturated carbocycles. The zero-order valence-electron chi connectivity index (χ0n) is 7.07. The van der Waals surface area contributed by atoms with Gasteiger partial charge in [-0.3, -0.25) is 10.1 Å². The van der Waals surface area contributed by atoms with Gasteiger partial charge >= 0.3 is 0 Å². The summed E-state index contributed by atoms with van der Waals surface area (Å²) in [5, 5.41) is 10.5. The first-order chi connectivity index (χ1) is 6.16. The third-order valence-corrected chi connectivity index (χ3v) is 1.71. The number of rotatable bonds is 1. The summed E-state index contributed by atoms with van der Waals surface area (Å²) < 4.78 is 0. The molecule has 0 fully saturated rings. The Balaban J connectivity index is 3.31. The second kappa shape index (κ2) is 3.59. The Morgan fingerprint density at radius 1 is 1.54 bits per heavy atom. The second-order valence-corrected chi connectivity index (χ2v) is 2.48. The van der Waals surface area contributed by atoms with E-state index in [-0.39, 0.29) is 5.69 Å². The molecule has 0 spiro atoms. The van der Waals surface area contributed by atoms with E-state index in [0.717, 1.165) is 0 Å². The Hall–Kier alpha value is -2.02. The smallest absolute Gasteiger partial charge is 0.273 e. The van der Waals surface area contributed by atoms with E-state index in [4.69, 9.17) is 5.73 Å². The number of nitrogens with zero attached hydrogens (tertiary/aromatic N) is 1. The van der Waals surface area contributed by atoms with Crippen LogP contribution in [0.1, 0.15) is 11.1 Å². The first-order valence-electron chi connectivity index (χ1n) is 3.62. The van der Waals surface area contributed by atoms with Gasteiger partial charge in [0.1, 0.15) is 0 Å². The summed E-state index contributed by atoms with van der Waals surface area (Å²) in [5.74, 6) is 2.59. The van der Waals surface area contributed by atoms with Gasteiger partial charge in [0, 0.05) is 23.2 Å². The number of nitro groups is 1. The van der Waals surface area contributed by atoms with Crippen molar-refractivity contribution in [3.05, 3.63) is 39.4 Å². The SMILES string of the molecule is Cc1c(C#CN)cccc1[N+](=O)[O-]. The van der Waals surface area contributed by atoms with E-state index >= 15 is 0 Å². The van der Waals surface area contributed by atoms with Crippen LogP contribution in [0.15, 0.2) is 18.2 Å². The quantitative estimate of drug-likeness (QED) is 0.302. The maximum atomic E-state index is 10.5. The Bertz CT molecular complexity index is 402. The lowest BCUT2D eigenvalue weighted by Gasteiger charge is -1.98. The van der Waals surface area contributed by atoms with Crippen molar-refractivity contribution >= 4 is 5.69 Å². The maximum absolute atomic E-state index is 10.5. The van der Waals surface area contributed by atoms with Gasteiger partial charge in [-0.2, -0.15) is 0 Å². The molecule has 13 heavy (non-hydrogen) atoms. The molecule has 66 valence electrons. The van der Waals surface area contributed by atoms with Crippen molar-refractivity contribution in [2.45, 2.75) is 6.92 Å². The van der Waals surface area contributed by atoms with Crippen molar-refractivity contribution in [3.8, 4) is 12.0 Å². The maximum Gasteiger partial charge on any atom is 0.273 e. The van der Waals surface area contributed by atoms with Crippen LogP contribution in [-0.4, -0.2) is 4.92 Å². The number of hydrogen-bond donors (Lipinski definition) is 1. The zero-order chi connectivity index (χ0) is 9.84. The van der Waals surface area contributed by atoms with Crippen LogP contribution in [0.25, 0.3) is 0 Å². The van der Waals surface area contributed by atoms with Gasteiger partial charge in [-0.05, 0) is 18.9 Å². The van der Waals surface area contributed by atoms with E-state index in [2.05, 4.69) is 12.0 Å². The molecule has 4 heteroatoms. The van der Waals surface area contributed by atoms with Crippen molar-refractivity contribution in [1.29, 1.82) is 0 Å². The molecule has 0 radical (unpaired) electrons. The average Bonchev–Trinajstić information content (AvgIpc) is 2.08. The van der Waals surface area contributed by atoms with Gasteiger partial charge in [0.15, 0.2) is 0 Å². The number of benzene rings is 1. The van der Waals surface area contributed by atoms with Crippen molar-refractivity contribution in [2.75, 3.05) is 0 Å². The highest BCUT2D eigenvalue weighted by Gasteiger charge is 2.11. The molecule has 0 atom stereocenters. The molecule has 0 bridgehead atoms. The second-order valence-electron chi connectivity index (χ2n) is 2.48. The number of nitro benzene ring substituents is 1. The first-order valence-corrected chi connectivity index (χ1v) is 3.62. The van der Waals surface area contributed by atoms with E-state index < -0.39 is 4.92 Å². The standard InChI is InChI=1S/C9H8N2O2/c1-7-8(5-6-10)3-2-4-9(7)11(12)13/h2-4H,10H2,1H3. The summed E-state index contributed by atoms with van der Waals surface area (Å²) >= 11 is 0. The first kappa shape index (κ1) is 9.07. The molecule has 0 heterocycles. The molecule has 4 nitrogen and oxygen atoms in total. The minimum Gasteiger partial charge on any atom is -0.359 e. The number of hydrogen-bond acceptors (Lipinski definition) is 3. The van der Waals surface area contributed by atoms with E-state index in [1.165, 1.54) is 6.07 Å². The molecule has 1 rings (SSSR count). The van der Waals surface area contributed by atoms with Gasteiger partial charge in [0.2, 0.25) is 0 Å². The van der Waals surface area contributed by atoms with Crippen molar-refractivity contribution in [1.82, 2.24) is 0 Å². The molecular weight excluding hydrogens is 168 g/mol. The Labute approximate surface area is 75.5 Å². The normalized spacial score (nSPS) is 8.69. The fourth-order valence-corrected chi connectivity index (χ4v) is 1.03. The third kappa shape index (κ3) is 1.76. The lowest BCUT2D eigenvalue weighted by molar-refractivity contribution is -0.385. The average molecular weight is 176 g/mol. The molecule has 0 aliphatic heterocycles. The monoisotopic (exact) mass is 176 g/mol. The van der Waals surface area contributed by atoms with Gasteiger partial charge in [-0.15, -0.1) is 0 Å². The predicted octanol–water partition coefficient (Wildman–Crippen LogP) is 1.17. The summed E-state index contributed by atoms with van der Waals surface area (Å²) in [7, 11) is 0. The van der Waals surface area contributed by atoms with Crippen LogP contribution < -0.4 is 5.73 Å². The van der Waals surface area contributed by atoms with Crippen molar-refractivity contribution < 1.29 is 4.92 Å². The number of nitrogens with two attached hydrogens (primary N) is 1. The molecule has 0 amide bonds. The van der Waals surface area contributed by atoms with Crippen LogP contribution in [0.5, 0.6) is 0 Å². The molecular formula is C9H8N2O2.